The smallest absolute Gasteiger partial charge is 0.160 e. The summed E-state index contributed by atoms with van der Waals surface area (Å²) in [6, 6.07) is 67.5. The minimum atomic E-state index is 0.659. The molecule has 0 unspecified atom stereocenters. The van der Waals surface area contributed by atoms with Gasteiger partial charge in [-0.15, -0.1) is 0 Å². The second kappa shape index (κ2) is 13.1. The van der Waals surface area contributed by atoms with E-state index in [0.29, 0.717) is 5.82 Å². The molecule has 0 amide bonds. The summed E-state index contributed by atoms with van der Waals surface area (Å²) in [7, 11) is 0. The number of aromatic nitrogens is 2. The van der Waals surface area contributed by atoms with Gasteiger partial charge in [0.2, 0.25) is 0 Å². The van der Waals surface area contributed by atoms with E-state index >= 15 is 0 Å². The van der Waals surface area contributed by atoms with Gasteiger partial charge in [0.05, 0.1) is 11.4 Å². The molecule has 0 bridgehead atoms. The summed E-state index contributed by atoms with van der Waals surface area (Å²) in [5.41, 5.74) is 14.6. The topological polar surface area (TPSA) is 52.1 Å². The molecule has 3 heterocycles. The summed E-state index contributed by atoms with van der Waals surface area (Å²) >= 11 is 0. The molecule has 0 fully saturated rings. The first-order valence-corrected chi connectivity index (χ1v) is 18.8. The number of fused-ring (bicyclic) bond motifs is 6. The fourth-order valence-corrected chi connectivity index (χ4v) is 8.01. The van der Waals surface area contributed by atoms with Crippen LogP contribution in [0.25, 0.3) is 111 Å². The number of nitrogens with zero attached hydrogens (tertiary/aromatic N) is 2. The van der Waals surface area contributed by atoms with Gasteiger partial charge in [0.1, 0.15) is 22.3 Å². The second-order valence-electron chi connectivity index (χ2n) is 14.1. The Morgan fingerprint density at radius 3 is 1.55 bits per heavy atom. The zero-order chi connectivity index (χ0) is 37.0. The van der Waals surface area contributed by atoms with Crippen LogP contribution in [0.15, 0.2) is 203 Å². The maximum atomic E-state index is 6.60. The van der Waals surface area contributed by atoms with Crippen LogP contribution in [0.5, 0.6) is 0 Å². The number of para-hydroxylation sites is 3. The molecule has 0 aliphatic heterocycles. The zero-order valence-electron chi connectivity index (χ0n) is 30.2. The van der Waals surface area contributed by atoms with Crippen molar-refractivity contribution in [3.8, 4) is 67.3 Å². The SMILES string of the molecule is c1ccc(-c2nc(-c3cc(-c4ccccc4-c4ccccc4)cc(-c4cccc5c4oc4ccccc45)c3)cc(-c3ccc4oc5ccccc5c4c3)n2)cc1. The Morgan fingerprint density at radius 2 is 0.804 bits per heavy atom. The highest BCUT2D eigenvalue weighted by Gasteiger charge is 2.18. The minimum absolute atomic E-state index is 0.659. The third kappa shape index (κ3) is 5.47. The van der Waals surface area contributed by atoms with Crippen LogP contribution in [0.2, 0.25) is 0 Å². The van der Waals surface area contributed by atoms with Crippen molar-refractivity contribution in [1.29, 1.82) is 0 Å². The van der Waals surface area contributed by atoms with Crippen molar-refractivity contribution in [3.63, 3.8) is 0 Å². The van der Waals surface area contributed by atoms with E-state index in [1.165, 1.54) is 0 Å². The van der Waals surface area contributed by atoms with E-state index in [-0.39, 0.29) is 0 Å². The summed E-state index contributed by atoms with van der Waals surface area (Å²) < 4.78 is 12.8. The third-order valence-electron chi connectivity index (χ3n) is 10.7. The summed E-state index contributed by atoms with van der Waals surface area (Å²) in [6.45, 7) is 0. The highest BCUT2D eigenvalue weighted by molar-refractivity contribution is 6.10. The van der Waals surface area contributed by atoms with Gasteiger partial charge in [-0.05, 0) is 82.4 Å². The Hall–Kier alpha value is -7.56. The number of hydrogen-bond donors (Lipinski definition) is 0. The Balaban J connectivity index is 1.17. The summed E-state index contributed by atoms with van der Waals surface area (Å²) in [5, 5.41) is 4.33. The first-order valence-electron chi connectivity index (χ1n) is 18.8. The van der Waals surface area contributed by atoms with Crippen LogP contribution in [-0.4, -0.2) is 9.97 Å². The predicted molar refractivity (Wildman–Crippen MR) is 229 cm³/mol. The molecule has 0 radical (unpaired) electrons. The first-order chi connectivity index (χ1) is 27.7. The molecule has 262 valence electrons. The van der Waals surface area contributed by atoms with Gasteiger partial charge in [-0.25, -0.2) is 9.97 Å². The standard InChI is InChI=1S/C52H32N2O2/c1-3-14-33(15-4-1)39-18-7-8-19-40(39)36-28-37(41-22-13-23-44-42-20-9-12-25-49(42)56-51(41)44)30-38(29-36)47-32-46(53-52(54-47)34-16-5-2-6-17-34)35-26-27-50-45(31-35)43-21-10-11-24-48(43)55-50/h1-32H. The second-order valence-corrected chi connectivity index (χ2v) is 14.1. The molecule has 4 heteroatoms. The first kappa shape index (κ1) is 31.9. The molecular weight excluding hydrogens is 685 g/mol. The van der Waals surface area contributed by atoms with E-state index in [4.69, 9.17) is 18.8 Å². The van der Waals surface area contributed by atoms with Gasteiger partial charge < -0.3 is 8.83 Å². The largest absolute Gasteiger partial charge is 0.456 e. The lowest BCUT2D eigenvalue weighted by Crippen LogP contribution is -1.97. The third-order valence-corrected chi connectivity index (χ3v) is 10.7. The van der Waals surface area contributed by atoms with Crippen molar-refractivity contribution in [2.45, 2.75) is 0 Å². The number of benzene rings is 8. The van der Waals surface area contributed by atoms with Crippen molar-refractivity contribution in [1.82, 2.24) is 9.97 Å². The molecule has 11 aromatic rings. The van der Waals surface area contributed by atoms with Gasteiger partial charge in [0.15, 0.2) is 5.82 Å². The van der Waals surface area contributed by atoms with Crippen molar-refractivity contribution in [2.75, 3.05) is 0 Å². The quantitative estimate of drug-likeness (QED) is 0.172. The van der Waals surface area contributed by atoms with E-state index in [1.807, 2.05) is 54.6 Å². The van der Waals surface area contributed by atoms with Gasteiger partial charge >= 0.3 is 0 Å². The number of furan rings is 2. The lowest BCUT2D eigenvalue weighted by molar-refractivity contribution is 0.669. The van der Waals surface area contributed by atoms with Crippen LogP contribution < -0.4 is 0 Å². The number of rotatable bonds is 6. The molecule has 0 aliphatic rings. The van der Waals surface area contributed by atoms with E-state index in [2.05, 4.69) is 140 Å². The van der Waals surface area contributed by atoms with Crippen molar-refractivity contribution >= 4 is 43.9 Å². The Labute approximate surface area is 323 Å². The molecule has 3 aromatic heterocycles. The molecule has 0 spiro atoms. The van der Waals surface area contributed by atoms with Gasteiger partial charge in [-0.2, -0.15) is 0 Å². The molecular formula is C52H32N2O2. The number of hydrogen-bond acceptors (Lipinski definition) is 4. The highest BCUT2D eigenvalue weighted by Crippen LogP contribution is 2.42. The van der Waals surface area contributed by atoms with Crippen LogP contribution in [0.3, 0.4) is 0 Å². The van der Waals surface area contributed by atoms with Crippen molar-refractivity contribution in [2.24, 2.45) is 0 Å². The molecule has 8 aromatic carbocycles. The summed E-state index contributed by atoms with van der Waals surface area (Å²) in [5.74, 6) is 0.659. The van der Waals surface area contributed by atoms with Gasteiger partial charge in [-0.3, -0.25) is 0 Å². The maximum Gasteiger partial charge on any atom is 0.160 e. The highest BCUT2D eigenvalue weighted by atomic mass is 16.3. The van der Waals surface area contributed by atoms with E-state index in [9.17, 15) is 0 Å². The van der Waals surface area contributed by atoms with E-state index in [0.717, 1.165) is 105 Å². The van der Waals surface area contributed by atoms with Gasteiger partial charge in [0.25, 0.3) is 0 Å². The Kier molecular flexibility index (Phi) is 7.46. The maximum absolute atomic E-state index is 6.60. The Bertz CT molecular complexity index is 3250. The lowest BCUT2D eigenvalue weighted by atomic mass is 9.90. The summed E-state index contributed by atoms with van der Waals surface area (Å²) in [6.07, 6.45) is 0. The fraction of sp³-hybridized carbons (Fsp3) is 0. The van der Waals surface area contributed by atoms with Crippen molar-refractivity contribution in [3.05, 3.63) is 194 Å². The van der Waals surface area contributed by atoms with Crippen LogP contribution in [-0.2, 0) is 0 Å². The van der Waals surface area contributed by atoms with Crippen LogP contribution >= 0.6 is 0 Å². The normalized spacial score (nSPS) is 11.6. The summed E-state index contributed by atoms with van der Waals surface area (Å²) in [4.78, 5) is 10.5. The van der Waals surface area contributed by atoms with Crippen molar-refractivity contribution < 1.29 is 8.83 Å². The van der Waals surface area contributed by atoms with E-state index < -0.39 is 0 Å². The van der Waals surface area contributed by atoms with Gasteiger partial charge in [-0.1, -0.05) is 140 Å². The minimum Gasteiger partial charge on any atom is -0.456 e. The average molecular weight is 717 g/mol. The monoisotopic (exact) mass is 716 g/mol. The Morgan fingerprint density at radius 1 is 0.286 bits per heavy atom. The zero-order valence-corrected chi connectivity index (χ0v) is 30.2. The molecule has 0 saturated carbocycles. The molecule has 4 nitrogen and oxygen atoms in total. The van der Waals surface area contributed by atoms with Gasteiger partial charge in [0, 0.05) is 43.8 Å². The van der Waals surface area contributed by atoms with Crippen LogP contribution in [0.4, 0.5) is 0 Å². The average Bonchev–Trinajstić information content (AvgIpc) is 3.85. The molecule has 0 N–H and O–H groups in total. The lowest BCUT2D eigenvalue weighted by Gasteiger charge is -2.15. The van der Waals surface area contributed by atoms with Crippen LogP contribution in [0.1, 0.15) is 0 Å². The molecule has 56 heavy (non-hydrogen) atoms. The predicted octanol–water partition coefficient (Wildman–Crippen LogP) is 14.3. The molecule has 0 aliphatic carbocycles. The fourth-order valence-electron chi connectivity index (χ4n) is 8.01. The molecule has 11 rings (SSSR count). The van der Waals surface area contributed by atoms with Crippen LogP contribution in [0, 0.1) is 0 Å². The van der Waals surface area contributed by atoms with E-state index in [1.54, 1.807) is 0 Å². The molecule has 0 atom stereocenters. The molecule has 0 saturated heterocycles.